The summed E-state index contributed by atoms with van der Waals surface area (Å²) in [5.74, 6) is -0.715. The second-order valence-corrected chi connectivity index (χ2v) is 9.45. The maximum Gasteiger partial charge on any atom is 0.407 e. The van der Waals surface area contributed by atoms with Crippen LogP contribution in [-0.2, 0) is 20.5 Å². The van der Waals surface area contributed by atoms with E-state index in [-0.39, 0.29) is 18.3 Å². The molecule has 1 atom stereocenters. The molecule has 1 unspecified atom stereocenters. The fraction of sp³-hybridized carbons (Fsp3) is 0.611. The molecule has 0 aliphatic carbocycles. The second-order valence-electron chi connectivity index (χ2n) is 7.53. The molecule has 0 bridgehead atoms. The summed E-state index contributed by atoms with van der Waals surface area (Å²) in [7, 11) is -3.61. The van der Waals surface area contributed by atoms with E-state index in [1.54, 1.807) is 26.8 Å². The van der Waals surface area contributed by atoms with E-state index in [9.17, 15) is 17.6 Å². The van der Waals surface area contributed by atoms with Crippen LogP contribution in [0.15, 0.2) is 24.3 Å². The van der Waals surface area contributed by atoms with Gasteiger partial charge < -0.3 is 10.1 Å². The lowest BCUT2D eigenvalue weighted by atomic mass is 10.1. The zero-order valence-corrected chi connectivity index (χ0v) is 16.3. The van der Waals surface area contributed by atoms with Crippen LogP contribution in [0.25, 0.3) is 0 Å². The monoisotopic (exact) mass is 386 g/mol. The number of alkyl carbamates (subject to hydrolysis) is 1. The third kappa shape index (κ3) is 6.25. The third-order valence-corrected chi connectivity index (χ3v) is 5.94. The summed E-state index contributed by atoms with van der Waals surface area (Å²) in [5, 5.41) is 2.66. The molecule has 1 saturated heterocycles. The number of nitrogens with zero attached hydrogens (tertiary/aromatic N) is 1. The molecule has 1 heterocycles. The Morgan fingerprint density at radius 3 is 2.73 bits per heavy atom. The number of carbonyl (C=O) groups is 1. The molecule has 0 saturated carbocycles. The number of halogens is 1. The molecule has 0 aromatic heterocycles. The highest BCUT2D eigenvalue weighted by atomic mass is 32.2. The van der Waals surface area contributed by atoms with Crippen LogP contribution in [0.2, 0.25) is 0 Å². The van der Waals surface area contributed by atoms with Crippen LogP contribution in [0.3, 0.4) is 0 Å². The summed E-state index contributed by atoms with van der Waals surface area (Å²) in [5.41, 5.74) is -0.200. The van der Waals surface area contributed by atoms with Gasteiger partial charge >= 0.3 is 6.09 Å². The molecule has 8 heteroatoms. The van der Waals surface area contributed by atoms with Crippen molar-refractivity contribution in [2.24, 2.45) is 0 Å². The number of carbonyl (C=O) groups excluding carboxylic acids is 1. The molecule has 26 heavy (non-hydrogen) atoms. The molecular weight excluding hydrogens is 359 g/mol. The van der Waals surface area contributed by atoms with Gasteiger partial charge in [-0.05, 0) is 51.3 Å². The first-order chi connectivity index (χ1) is 12.1. The van der Waals surface area contributed by atoms with Gasteiger partial charge in [0.05, 0.1) is 5.75 Å². The molecule has 1 aromatic carbocycles. The molecule has 0 radical (unpaired) electrons. The number of benzene rings is 1. The quantitative estimate of drug-likeness (QED) is 0.844. The normalized spacial score (nSPS) is 19.2. The largest absolute Gasteiger partial charge is 0.444 e. The number of ether oxygens (including phenoxy) is 1. The number of hydrogen-bond acceptors (Lipinski definition) is 4. The standard InChI is InChI=1S/C18H27FN2O4S/c1-18(2,3)25-17(22)20-12-16-9-4-5-10-21(16)26(23,24)13-14-7-6-8-15(19)11-14/h6-8,11,16H,4-5,9-10,12-13H2,1-3H3,(H,20,22). The number of hydrogen-bond donors (Lipinski definition) is 1. The SMILES string of the molecule is CC(C)(C)OC(=O)NCC1CCCCN1S(=O)(=O)Cc1cccc(F)c1. The molecule has 1 aliphatic rings. The van der Waals surface area contributed by atoms with E-state index < -0.39 is 27.5 Å². The summed E-state index contributed by atoms with van der Waals surface area (Å²) in [6, 6.07) is 5.28. The molecule has 1 aromatic rings. The Labute approximate surface area is 154 Å². The Bertz CT molecular complexity index is 731. The minimum Gasteiger partial charge on any atom is -0.444 e. The van der Waals surface area contributed by atoms with E-state index in [4.69, 9.17) is 4.74 Å². The van der Waals surface area contributed by atoms with E-state index in [2.05, 4.69) is 5.32 Å². The maximum atomic E-state index is 13.3. The predicted octanol–water partition coefficient (Wildman–Crippen LogP) is 3.03. The summed E-state index contributed by atoms with van der Waals surface area (Å²) < 4.78 is 45.6. The molecule has 0 spiro atoms. The van der Waals surface area contributed by atoms with Crippen LogP contribution >= 0.6 is 0 Å². The first-order valence-electron chi connectivity index (χ1n) is 8.78. The van der Waals surface area contributed by atoms with Gasteiger partial charge in [0.1, 0.15) is 11.4 Å². The Kier molecular flexibility index (Phi) is 6.63. The fourth-order valence-electron chi connectivity index (χ4n) is 2.98. The highest BCUT2D eigenvalue weighted by Gasteiger charge is 2.33. The molecule has 1 aliphatic heterocycles. The van der Waals surface area contributed by atoms with Crippen LogP contribution in [0.1, 0.15) is 45.6 Å². The average Bonchev–Trinajstić information content (AvgIpc) is 2.51. The topological polar surface area (TPSA) is 75.7 Å². The molecule has 6 nitrogen and oxygen atoms in total. The van der Waals surface area contributed by atoms with Gasteiger partial charge in [0.25, 0.3) is 0 Å². The lowest BCUT2D eigenvalue weighted by molar-refractivity contribution is 0.0512. The zero-order valence-electron chi connectivity index (χ0n) is 15.5. The van der Waals surface area contributed by atoms with Gasteiger partial charge in [0.2, 0.25) is 10.0 Å². The number of amides is 1. The van der Waals surface area contributed by atoms with E-state index in [0.717, 1.165) is 12.8 Å². The van der Waals surface area contributed by atoms with Crippen molar-refractivity contribution in [2.75, 3.05) is 13.1 Å². The molecule has 1 N–H and O–H groups in total. The number of sulfonamides is 1. The van der Waals surface area contributed by atoms with Gasteiger partial charge in [-0.15, -0.1) is 0 Å². The summed E-state index contributed by atoms with van der Waals surface area (Å²) >= 11 is 0. The van der Waals surface area contributed by atoms with E-state index in [1.165, 1.54) is 22.5 Å². The van der Waals surface area contributed by atoms with Crippen molar-refractivity contribution in [3.8, 4) is 0 Å². The molecule has 2 rings (SSSR count). The van der Waals surface area contributed by atoms with E-state index >= 15 is 0 Å². The van der Waals surface area contributed by atoms with Crippen LogP contribution in [0.5, 0.6) is 0 Å². The number of piperidine rings is 1. The van der Waals surface area contributed by atoms with Crippen molar-refractivity contribution in [3.05, 3.63) is 35.6 Å². The Hall–Kier alpha value is -1.67. The van der Waals surface area contributed by atoms with E-state index in [0.29, 0.717) is 18.5 Å². The summed E-state index contributed by atoms with van der Waals surface area (Å²) in [6.07, 6.45) is 1.77. The third-order valence-electron chi connectivity index (χ3n) is 4.05. The van der Waals surface area contributed by atoms with Gasteiger partial charge in [0.15, 0.2) is 0 Å². The van der Waals surface area contributed by atoms with Crippen molar-refractivity contribution < 1.29 is 22.3 Å². The van der Waals surface area contributed by atoms with Crippen molar-refractivity contribution in [1.82, 2.24) is 9.62 Å². The fourth-order valence-corrected chi connectivity index (χ4v) is 4.79. The lowest BCUT2D eigenvalue weighted by Gasteiger charge is -2.35. The predicted molar refractivity (Wildman–Crippen MR) is 97.6 cm³/mol. The Balaban J connectivity index is 2.03. The van der Waals surface area contributed by atoms with Crippen LogP contribution in [0, 0.1) is 5.82 Å². The lowest BCUT2D eigenvalue weighted by Crippen LogP contribution is -2.50. The van der Waals surface area contributed by atoms with Gasteiger partial charge in [-0.3, -0.25) is 0 Å². The van der Waals surface area contributed by atoms with Gasteiger partial charge in [-0.1, -0.05) is 18.6 Å². The number of nitrogens with one attached hydrogen (secondary N) is 1. The van der Waals surface area contributed by atoms with Crippen molar-refractivity contribution in [2.45, 2.75) is 57.4 Å². The molecular formula is C18H27FN2O4S. The number of rotatable bonds is 5. The second kappa shape index (κ2) is 8.35. The van der Waals surface area contributed by atoms with Crippen molar-refractivity contribution >= 4 is 16.1 Å². The summed E-state index contributed by atoms with van der Waals surface area (Å²) in [4.78, 5) is 11.8. The van der Waals surface area contributed by atoms with E-state index in [1.807, 2.05) is 0 Å². The zero-order chi connectivity index (χ0) is 19.4. The summed E-state index contributed by atoms with van der Waals surface area (Å²) in [6.45, 7) is 5.89. The maximum absolute atomic E-state index is 13.3. The van der Waals surface area contributed by atoms with Gasteiger partial charge in [0, 0.05) is 19.1 Å². The highest BCUT2D eigenvalue weighted by Crippen LogP contribution is 2.23. The molecule has 146 valence electrons. The molecule has 1 amide bonds. The Morgan fingerprint density at radius 1 is 1.35 bits per heavy atom. The van der Waals surface area contributed by atoms with Crippen LogP contribution in [-0.4, -0.2) is 43.5 Å². The smallest absolute Gasteiger partial charge is 0.407 e. The minimum atomic E-state index is -3.61. The van der Waals surface area contributed by atoms with Crippen LogP contribution in [0.4, 0.5) is 9.18 Å². The van der Waals surface area contributed by atoms with Crippen molar-refractivity contribution in [1.29, 1.82) is 0 Å². The average molecular weight is 386 g/mol. The minimum absolute atomic E-state index is 0.192. The van der Waals surface area contributed by atoms with Crippen molar-refractivity contribution in [3.63, 3.8) is 0 Å². The van der Waals surface area contributed by atoms with Gasteiger partial charge in [-0.25, -0.2) is 17.6 Å². The molecule has 1 fully saturated rings. The highest BCUT2D eigenvalue weighted by molar-refractivity contribution is 7.88. The first kappa shape index (κ1) is 20.6. The Morgan fingerprint density at radius 2 is 2.08 bits per heavy atom. The van der Waals surface area contributed by atoms with Crippen LogP contribution < -0.4 is 5.32 Å². The van der Waals surface area contributed by atoms with Gasteiger partial charge in [-0.2, -0.15) is 4.31 Å². The first-order valence-corrected chi connectivity index (χ1v) is 10.4.